The van der Waals surface area contributed by atoms with E-state index in [1.165, 1.54) is 16.3 Å². The van der Waals surface area contributed by atoms with Crippen LogP contribution in [0.15, 0.2) is 36.7 Å². The minimum Gasteiger partial charge on any atom is -0.381 e. The number of rotatable bonds is 5. The van der Waals surface area contributed by atoms with E-state index in [0.717, 1.165) is 39.0 Å². The minimum absolute atomic E-state index is 0.417. The van der Waals surface area contributed by atoms with Gasteiger partial charge in [0.05, 0.1) is 0 Å². The van der Waals surface area contributed by atoms with Crippen LogP contribution in [0.2, 0.25) is 0 Å². The third-order valence-electron chi connectivity index (χ3n) is 4.40. The normalized spacial score (nSPS) is 18.0. The lowest BCUT2D eigenvalue weighted by Crippen LogP contribution is -2.32. The number of nitrogens with zero attached hydrogens (tertiary/aromatic N) is 1. The summed E-state index contributed by atoms with van der Waals surface area (Å²) in [6.07, 6.45) is 7.30. The highest BCUT2D eigenvalue weighted by atomic mass is 16.5. The zero-order valence-electron chi connectivity index (χ0n) is 12.7. The van der Waals surface area contributed by atoms with Crippen molar-refractivity contribution in [3.63, 3.8) is 0 Å². The van der Waals surface area contributed by atoms with Gasteiger partial charge in [-0.2, -0.15) is 0 Å². The number of nitrogens with one attached hydrogen (secondary N) is 1. The second-order valence-corrected chi connectivity index (χ2v) is 5.83. The Bertz CT molecular complexity index is 573. The molecule has 1 atom stereocenters. The Morgan fingerprint density at radius 2 is 2.14 bits per heavy atom. The van der Waals surface area contributed by atoms with Crippen LogP contribution in [0.25, 0.3) is 10.8 Å². The van der Waals surface area contributed by atoms with E-state index in [-0.39, 0.29) is 0 Å². The molecule has 1 N–H and O–H groups in total. The van der Waals surface area contributed by atoms with E-state index in [0.29, 0.717) is 12.0 Å². The van der Waals surface area contributed by atoms with E-state index in [1.807, 2.05) is 12.4 Å². The van der Waals surface area contributed by atoms with Crippen LogP contribution in [0.3, 0.4) is 0 Å². The highest BCUT2D eigenvalue weighted by Crippen LogP contribution is 2.33. The standard InChI is InChI=1S/C18H24N2O/c1-2-9-20-18(14-7-11-21-12-8-14)17-5-3-4-15-13-19-10-6-16(15)17/h3-6,10,13-14,18,20H,2,7-9,11-12H2,1H3. The van der Waals surface area contributed by atoms with Gasteiger partial charge in [-0.25, -0.2) is 0 Å². The van der Waals surface area contributed by atoms with E-state index in [9.17, 15) is 0 Å². The number of aromatic nitrogens is 1. The molecule has 1 aromatic carbocycles. The number of benzene rings is 1. The van der Waals surface area contributed by atoms with Crippen LogP contribution in [0.1, 0.15) is 37.8 Å². The smallest absolute Gasteiger partial charge is 0.0469 e. The van der Waals surface area contributed by atoms with Crippen molar-refractivity contribution in [3.8, 4) is 0 Å². The summed E-state index contributed by atoms with van der Waals surface area (Å²) < 4.78 is 5.54. The predicted octanol–water partition coefficient (Wildman–Crippen LogP) is 3.70. The van der Waals surface area contributed by atoms with Gasteiger partial charge in [0.2, 0.25) is 0 Å². The van der Waals surface area contributed by atoms with Crippen molar-refractivity contribution in [3.05, 3.63) is 42.2 Å². The summed E-state index contributed by atoms with van der Waals surface area (Å²) in [5, 5.41) is 6.33. The first kappa shape index (κ1) is 14.5. The van der Waals surface area contributed by atoms with Crippen molar-refractivity contribution >= 4 is 10.8 Å². The topological polar surface area (TPSA) is 34.2 Å². The number of ether oxygens (including phenoxy) is 1. The lowest BCUT2D eigenvalue weighted by atomic mass is 9.85. The fourth-order valence-electron chi connectivity index (χ4n) is 3.30. The monoisotopic (exact) mass is 284 g/mol. The van der Waals surface area contributed by atoms with Crippen LogP contribution < -0.4 is 5.32 Å². The SMILES string of the molecule is CCCNC(c1cccc2cnccc12)C1CCOCC1. The molecule has 3 heteroatoms. The van der Waals surface area contributed by atoms with Gasteiger partial charge in [0.15, 0.2) is 0 Å². The van der Waals surface area contributed by atoms with Crippen LogP contribution in [0, 0.1) is 5.92 Å². The molecule has 0 radical (unpaired) electrons. The van der Waals surface area contributed by atoms with Crippen molar-refractivity contribution < 1.29 is 4.74 Å². The second-order valence-electron chi connectivity index (χ2n) is 5.83. The van der Waals surface area contributed by atoms with Gasteiger partial charge in [-0.3, -0.25) is 4.98 Å². The van der Waals surface area contributed by atoms with Crippen LogP contribution in [-0.4, -0.2) is 24.7 Å². The molecule has 1 saturated heterocycles. The van der Waals surface area contributed by atoms with Gasteiger partial charge in [0, 0.05) is 37.0 Å². The van der Waals surface area contributed by atoms with E-state index in [2.05, 4.69) is 41.5 Å². The molecule has 3 nitrogen and oxygen atoms in total. The van der Waals surface area contributed by atoms with Gasteiger partial charge in [-0.15, -0.1) is 0 Å². The number of fused-ring (bicyclic) bond motifs is 1. The lowest BCUT2D eigenvalue weighted by molar-refractivity contribution is 0.0538. The molecule has 0 amide bonds. The van der Waals surface area contributed by atoms with Gasteiger partial charge in [0.1, 0.15) is 0 Å². The first-order valence-electron chi connectivity index (χ1n) is 8.04. The summed E-state index contributed by atoms with van der Waals surface area (Å²) in [6.45, 7) is 5.06. The molecule has 1 aliphatic heterocycles. The quantitative estimate of drug-likeness (QED) is 0.909. The van der Waals surface area contributed by atoms with E-state index >= 15 is 0 Å². The molecule has 0 spiro atoms. The third-order valence-corrected chi connectivity index (χ3v) is 4.40. The Kier molecular flexibility index (Phi) is 4.84. The van der Waals surface area contributed by atoms with Crippen LogP contribution in [0.4, 0.5) is 0 Å². The first-order valence-corrected chi connectivity index (χ1v) is 8.04. The molecule has 0 aliphatic carbocycles. The molecule has 2 aromatic rings. The van der Waals surface area contributed by atoms with Crippen LogP contribution in [-0.2, 0) is 4.74 Å². The Morgan fingerprint density at radius 3 is 2.95 bits per heavy atom. The highest BCUT2D eigenvalue weighted by Gasteiger charge is 2.26. The average molecular weight is 284 g/mol. The highest BCUT2D eigenvalue weighted by molar-refractivity contribution is 5.85. The molecule has 0 bridgehead atoms. The third kappa shape index (κ3) is 3.25. The van der Waals surface area contributed by atoms with Gasteiger partial charge in [0.25, 0.3) is 0 Å². The van der Waals surface area contributed by atoms with Crippen molar-refractivity contribution in [1.29, 1.82) is 0 Å². The summed E-state index contributed by atoms with van der Waals surface area (Å²) in [7, 11) is 0. The molecule has 1 aliphatic rings. The van der Waals surface area contributed by atoms with Crippen molar-refractivity contribution in [2.75, 3.05) is 19.8 Å². The number of hydrogen-bond acceptors (Lipinski definition) is 3. The maximum atomic E-state index is 5.54. The molecule has 0 saturated carbocycles. The molecular weight excluding hydrogens is 260 g/mol. The van der Waals surface area contributed by atoms with Gasteiger partial charge in [-0.05, 0) is 48.7 Å². The zero-order valence-corrected chi connectivity index (χ0v) is 12.7. The van der Waals surface area contributed by atoms with Crippen molar-refractivity contribution in [2.24, 2.45) is 5.92 Å². The Hall–Kier alpha value is -1.45. The van der Waals surface area contributed by atoms with Crippen molar-refractivity contribution in [1.82, 2.24) is 10.3 Å². The number of pyridine rings is 1. The van der Waals surface area contributed by atoms with Crippen LogP contribution >= 0.6 is 0 Å². The Labute approximate surface area is 126 Å². The molecule has 3 rings (SSSR count). The van der Waals surface area contributed by atoms with Gasteiger partial charge >= 0.3 is 0 Å². The van der Waals surface area contributed by atoms with Gasteiger partial charge in [-0.1, -0.05) is 25.1 Å². The first-order chi connectivity index (χ1) is 10.4. The molecule has 2 heterocycles. The van der Waals surface area contributed by atoms with E-state index in [4.69, 9.17) is 4.74 Å². The summed E-state index contributed by atoms with van der Waals surface area (Å²) in [4.78, 5) is 4.25. The largest absolute Gasteiger partial charge is 0.381 e. The molecule has 21 heavy (non-hydrogen) atoms. The maximum absolute atomic E-state index is 5.54. The summed E-state index contributed by atoms with van der Waals surface area (Å²) in [6, 6.07) is 9.13. The maximum Gasteiger partial charge on any atom is 0.0469 e. The van der Waals surface area contributed by atoms with Gasteiger partial charge < -0.3 is 10.1 Å². The average Bonchev–Trinajstić information content (AvgIpc) is 2.56. The predicted molar refractivity (Wildman–Crippen MR) is 86.3 cm³/mol. The summed E-state index contributed by atoms with van der Waals surface area (Å²) >= 11 is 0. The Balaban J connectivity index is 1.96. The second kappa shape index (κ2) is 7.01. The summed E-state index contributed by atoms with van der Waals surface area (Å²) in [5.74, 6) is 0.657. The molecule has 1 aromatic heterocycles. The van der Waals surface area contributed by atoms with E-state index < -0.39 is 0 Å². The molecule has 1 unspecified atom stereocenters. The van der Waals surface area contributed by atoms with Crippen molar-refractivity contribution in [2.45, 2.75) is 32.2 Å². The fraction of sp³-hybridized carbons (Fsp3) is 0.500. The minimum atomic E-state index is 0.417. The molecule has 112 valence electrons. The van der Waals surface area contributed by atoms with E-state index in [1.54, 1.807) is 0 Å². The molecule has 1 fully saturated rings. The zero-order chi connectivity index (χ0) is 14.5. The Morgan fingerprint density at radius 1 is 1.29 bits per heavy atom. The number of hydrogen-bond donors (Lipinski definition) is 1. The summed E-state index contributed by atoms with van der Waals surface area (Å²) in [5.41, 5.74) is 1.41. The van der Waals surface area contributed by atoms with Crippen LogP contribution in [0.5, 0.6) is 0 Å². The lowest BCUT2D eigenvalue weighted by Gasteiger charge is -2.32. The molecular formula is C18H24N2O. The fourth-order valence-corrected chi connectivity index (χ4v) is 3.30.